The second kappa shape index (κ2) is 6.25. The molecule has 0 fully saturated rings. The van der Waals surface area contributed by atoms with E-state index in [1.54, 1.807) is 16.8 Å². The van der Waals surface area contributed by atoms with E-state index in [4.69, 9.17) is 0 Å². The summed E-state index contributed by atoms with van der Waals surface area (Å²) in [7, 11) is 0. The molecule has 0 atom stereocenters. The lowest BCUT2D eigenvalue weighted by Crippen LogP contribution is -2.07. The van der Waals surface area contributed by atoms with Crippen LogP contribution in [0.1, 0.15) is 16.1 Å². The number of nitrogens with zero attached hydrogens (tertiary/aromatic N) is 5. The highest BCUT2D eigenvalue weighted by atomic mass is 16.4. The highest BCUT2D eigenvalue weighted by Crippen LogP contribution is 2.24. The van der Waals surface area contributed by atoms with Gasteiger partial charge in [-0.05, 0) is 37.3 Å². The highest BCUT2D eigenvalue weighted by molar-refractivity contribution is 5.95. The molecule has 0 aliphatic heterocycles. The Morgan fingerprint density at radius 3 is 2.85 bits per heavy atom. The van der Waals surface area contributed by atoms with Gasteiger partial charge in [0.2, 0.25) is 5.82 Å². The molecular formula is C18H14N6O2. The Morgan fingerprint density at radius 1 is 1.15 bits per heavy atom. The zero-order chi connectivity index (χ0) is 18.1. The number of pyridine rings is 2. The molecule has 0 saturated carbocycles. The number of fused-ring (bicyclic) bond motifs is 1. The summed E-state index contributed by atoms with van der Waals surface area (Å²) in [5.41, 5.74) is 2.67. The van der Waals surface area contributed by atoms with Crippen LogP contribution in [-0.2, 0) is 0 Å². The number of anilines is 2. The van der Waals surface area contributed by atoms with Crippen molar-refractivity contribution in [3.05, 3.63) is 66.2 Å². The molecule has 0 aliphatic rings. The first-order chi connectivity index (χ1) is 12.6. The van der Waals surface area contributed by atoms with E-state index in [0.29, 0.717) is 23.0 Å². The fraction of sp³-hybridized carbons (Fsp3) is 0.0556. The van der Waals surface area contributed by atoms with Gasteiger partial charge < -0.3 is 10.4 Å². The Bertz CT molecular complexity index is 1120. The number of carbonyl (C=O) groups is 1. The predicted molar refractivity (Wildman–Crippen MR) is 95.4 cm³/mol. The van der Waals surface area contributed by atoms with Gasteiger partial charge in [0.05, 0.1) is 5.69 Å². The van der Waals surface area contributed by atoms with Gasteiger partial charge in [0.25, 0.3) is 0 Å². The average molecular weight is 346 g/mol. The molecule has 0 amide bonds. The summed E-state index contributed by atoms with van der Waals surface area (Å²) in [4.78, 5) is 24.3. The Kier molecular flexibility index (Phi) is 3.77. The third-order valence-corrected chi connectivity index (χ3v) is 3.81. The molecule has 0 spiro atoms. The molecule has 0 radical (unpaired) electrons. The van der Waals surface area contributed by atoms with Crippen molar-refractivity contribution in [2.45, 2.75) is 6.92 Å². The molecule has 4 aromatic heterocycles. The molecule has 0 aliphatic carbocycles. The fourth-order valence-electron chi connectivity index (χ4n) is 2.60. The lowest BCUT2D eigenvalue weighted by Gasteiger charge is -2.11. The molecule has 0 saturated heterocycles. The van der Waals surface area contributed by atoms with Crippen molar-refractivity contribution < 1.29 is 9.90 Å². The van der Waals surface area contributed by atoms with Gasteiger partial charge in [-0.15, -0.1) is 5.10 Å². The van der Waals surface area contributed by atoms with E-state index in [1.807, 2.05) is 37.3 Å². The molecule has 26 heavy (non-hydrogen) atoms. The van der Waals surface area contributed by atoms with Crippen LogP contribution < -0.4 is 5.32 Å². The van der Waals surface area contributed by atoms with Crippen LogP contribution in [-0.4, -0.2) is 35.6 Å². The van der Waals surface area contributed by atoms with Gasteiger partial charge in [-0.1, -0.05) is 6.07 Å². The minimum atomic E-state index is -1.07. The van der Waals surface area contributed by atoms with Crippen molar-refractivity contribution >= 4 is 23.0 Å². The lowest BCUT2D eigenvalue weighted by atomic mass is 10.2. The lowest BCUT2D eigenvalue weighted by molar-refractivity contribution is 0.0697. The normalized spacial score (nSPS) is 10.8. The van der Waals surface area contributed by atoms with Gasteiger partial charge >= 0.3 is 5.97 Å². The van der Waals surface area contributed by atoms with Gasteiger partial charge in [-0.2, -0.15) is 0 Å². The highest BCUT2D eigenvalue weighted by Gasteiger charge is 2.14. The van der Waals surface area contributed by atoms with Gasteiger partial charge in [-0.25, -0.2) is 19.3 Å². The van der Waals surface area contributed by atoms with Gasteiger partial charge in [0.15, 0.2) is 5.82 Å². The number of aryl methyl sites for hydroxylation is 1. The molecular weight excluding hydrogens is 332 g/mol. The van der Waals surface area contributed by atoms with E-state index in [1.165, 1.54) is 12.4 Å². The van der Waals surface area contributed by atoms with Crippen LogP contribution in [0.15, 0.2) is 55.0 Å². The summed E-state index contributed by atoms with van der Waals surface area (Å²) in [6.45, 7) is 1.90. The van der Waals surface area contributed by atoms with Crippen molar-refractivity contribution in [2.75, 3.05) is 5.32 Å². The van der Waals surface area contributed by atoms with E-state index < -0.39 is 5.97 Å². The largest absolute Gasteiger partial charge is 0.478 e. The first-order valence-electron chi connectivity index (χ1n) is 7.85. The summed E-state index contributed by atoms with van der Waals surface area (Å²) >= 11 is 0. The summed E-state index contributed by atoms with van der Waals surface area (Å²) in [6, 6.07) is 10.9. The number of hydrogen-bond donors (Lipinski definition) is 2. The topological polar surface area (TPSA) is 105 Å². The Morgan fingerprint density at radius 2 is 2.04 bits per heavy atom. The second-order valence-corrected chi connectivity index (χ2v) is 5.64. The summed E-state index contributed by atoms with van der Waals surface area (Å²) in [5, 5.41) is 16.9. The fourth-order valence-corrected chi connectivity index (χ4v) is 2.60. The maximum Gasteiger partial charge on any atom is 0.339 e. The molecule has 8 heteroatoms. The number of hydrogen-bond acceptors (Lipinski definition) is 6. The number of carboxylic acid groups (broad SMARTS) is 1. The second-order valence-electron chi connectivity index (χ2n) is 5.64. The Hall–Kier alpha value is -3.81. The van der Waals surface area contributed by atoms with E-state index in [-0.39, 0.29) is 5.56 Å². The first kappa shape index (κ1) is 15.7. The van der Waals surface area contributed by atoms with Gasteiger partial charge in [-0.3, -0.25) is 4.98 Å². The number of carboxylic acids is 1. The SMILES string of the molecule is Cc1cccc(-c2nc(Nc3ccncc3C(=O)O)c3cccn3n2)n1. The molecule has 4 heterocycles. The zero-order valence-corrected chi connectivity index (χ0v) is 13.8. The summed E-state index contributed by atoms with van der Waals surface area (Å²) in [5.74, 6) is -0.149. The smallest absolute Gasteiger partial charge is 0.339 e. The zero-order valence-electron chi connectivity index (χ0n) is 13.8. The molecule has 8 nitrogen and oxygen atoms in total. The minimum absolute atomic E-state index is 0.0612. The third kappa shape index (κ3) is 2.84. The molecule has 0 unspecified atom stereocenters. The molecule has 0 bridgehead atoms. The van der Waals surface area contributed by atoms with Gasteiger partial charge in [0, 0.05) is 24.3 Å². The van der Waals surface area contributed by atoms with Crippen molar-refractivity contribution in [3.8, 4) is 11.5 Å². The van der Waals surface area contributed by atoms with Crippen molar-refractivity contribution in [1.29, 1.82) is 0 Å². The monoisotopic (exact) mass is 346 g/mol. The van der Waals surface area contributed by atoms with Crippen LogP contribution >= 0.6 is 0 Å². The van der Waals surface area contributed by atoms with Crippen molar-refractivity contribution in [1.82, 2.24) is 24.6 Å². The molecule has 4 aromatic rings. The predicted octanol–water partition coefficient (Wildman–Crippen LogP) is 2.94. The average Bonchev–Trinajstić information content (AvgIpc) is 3.11. The quantitative estimate of drug-likeness (QED) is 0.585. The van der Waals surface area contributed by atoms with Crippen molar-refractivity contribution in [2.24, 2.45) is 0 Å². The molecule has 128 valence electrons. The number of aromatic carboxylic acids is 1. The van der Waals surface area contributed by atoms with Crippen LogP contribution in [0.3, 0.4) is 0 Å². The summed E-state index contributed by atoms with van der Waals surface area (Å²) < 4.78 is 1.68. The Balaban J connectivity index is 1.85. The number of nitrogens with one attached hydrogen (secondary N) is 1. The van der Waals surface area contributed by atoms with E-state index in [9.17, 15) is 9.90 Å². The standard InChI is InChI=1S/C18H14N6O2/c1-11-4-2-5-14(20-11)16-22-17(15-6-3-9-24(15)23-16)21-13-7-8-19-10-12(13)18(25)26/h2-10H,1H3,(H,25,26)(H,19,21,22,23). The molecule has 2 N–H and O–H groups in total. The van der Waals surface area contributed by atoms with E-state index in [2.05, 4.69) is 25.4 Å². The van der Waals surface area contributed by atoms with E-state index >= 15 is 0 Å². The van der Waals surface area contributed by atoms with Crippen LogP contribution in [0.2, 0.25) is 0 Å². The van der Waals surface area contributed by atoms with Crippen LogP contribution in [0, 0.1) is 6.92 Å². The number of aromatic nitrogens is 5. The number of rotatable bonds is 4. The van der Waals surface area contributed by atoms with Crippen LogP contribution in [0.25, 0.3) is 17.0 Å². The molecule has 0 aromatic carbocycles. The maximum absolute atomic E-state index is 11.4. The van der Waals surface area contributed by atoms with E-state index in [0.717, 1.165) is 11.2 Å². The van der Waals surface area contributed by atoms with Gasteiger partial charge in [0.1, 0.15) is 16.8 Å². The molecule has 4 rings (SSSR count). The minimum Gasteiger partial charge on any atom is -0.478 e. The van der Waals surface area contributed by atoms with Crippen LogP contribution in [0.5, 0.6) is 0 Å². The Labute approximate surface area is 148 Å². The third-order valence-electron chi connectivity index (χ3n) is 3.81. The maximum atomic E-state index is 11.4. The van der Waals surface area contributed by atoms with Crippen molar-refractivity contribution in [3.63, 3.8) is 0 Å². The summed E-state index contributed by atoms with van der Waals surface area (Å²) in [6.07, 6.45) is 4.62. The van der Waals surface area contributed by atoms with Crippen LogP contribution in [0.4, 0.5) is 11.5 Å². The first-order valence-corrected chi connectivity index (χ1v) is 7.85.